The van der Waals surface area contributed by atoms with Crippen molar-refractivity contribution in [1.82, 2.24) is 15.0 Å². The van der Waals surface area contributed by atoms with Crippen molar-refractivity contribution in [3.8, 4) is 5.69 Å². The second-order valence-electron chi connectivity index (χ2n) is 4.78. The smallest absolute Gasteiger partial charge is 0.217 e. The van der Waals surface area contributed by atoms with Gasteiger partial charge in [0.1, 0.15) is 0 Å². The van der Waals surface area contributed by atoms with E-state index in [9.17, 15) is 8.78 Å². The summed E-state index contributed by atoms with van der Waals surface area (Å²) in [6.45, 7) is 0.898. The van der Waals surface area contributed by atoms with Gasteiger partial charge in [-0.25, -0.2) is 13.5 Å². The Bertz CT molecular complexity index is 568. The first-order valence-electron chi connectivity index (χ1n) is 5.95. The average Bonchev–Trinajstić information content (AvgIpc) is 3.06. The SMILES string of the molecule is CC(F)(F)c1cccc(-n2nncc2C2CC2)c1. The van der Waals surface area contributed by atoms with Gasteiger partial charge >= 0.3 is 0 Å². The molecule has 0 aliphatic heterocycles. The Hall–Kier alpha value is -1.78. The van der Waals surface area contributed by atoms with E-state index in [2.05, 4.69) is 10.3 Å². The molecule has 1 aromatic heterocycles. The van der Waals surface area contributed by atoms with E-state index < -0.39 is 5.92 Å². The van der Waals surface area contributed by atoms with Crippen molar-refractivity contribution >= 4 is 0 Å². The van der Waals surface area contributed by atoms with Gasteiger partial charge in [0, 0.05) is 18.4 Å². The Morgan fingerprint density at radius 3 is 2.78 bits per heavy atom. The lowest BCUT2D eigenvalue weighted by Gasteiger charge is -2.12. The predicted molar refractivity (Wildman–Crippen MR) is 62.9 cm³/mol. The summed E-state index contributed by atoms with van der Waals surface area (Å²) in [7, 11) is 0. The number of halogens is 2. The highest BCUT2D eigenvalue weighted by Crippen LogP contribution is 2.40. The standard InChI is InChI=1S/C13H13F2N3/c1-13(14,15)10-3-2-4-11(7-10)18-12(8-16-17-18)9-5-6-9/h2-4,7-9H,5-6H2,1H3. The van der Waals surface area contributed by atoms with Crippen molar-refractivity contribution < 1.29 is 8.78 Å². The molecule has 3 rings (SSSR count). The van der Waals surface area contributed by atoms with Gasteiger partial charge in [-0.1, -0.05) is 17.3 Å². The molecule has 1 aliphatic rings. The van der Waals surface area contributed by atoms with Gasteiger partial charge in [-0.3, -0.25) is 0 Å². The van der Waals surface area contributed by atoms with Crippen LogP contribution in [0.2, 0.25) is 0 Å². The normalized spacial score (nSPS) is 15.9. The maximum atomic E-state index is 13.3. The van der Waals surface area contributed by atoms with E-state index in [0.717, 1.165) is 25.5 Å². The van der Waals surface area contributed by atoms with Crippen LogP contribution in [0.3, 0.4) is 0 Å². The second-order valence-corrected chi connectivity index (χ2v) is 4.78. The summed E-state index contributed by atoms with van der Waals surface area (Å²) in [6, 6.07) is 6.30. The molecule has 0 bridgehead atoms. The van der Waals surface area contributed by atoms with E-state index in [0.29, 0.717) is 11.6 Å². The zero-order valence-electron chi connectivity index (χ0n) is 9.98. The number of hydrogen-bond donors (Lipinski definition) is 0. The van der Waals surface area contributed by atoms with E-state index in [1.54, 1.807) is 23.0 Å². The van der Waals surface area contributed by atoms with Crippen LogP contribution in [0.4, 0.5) is 8.78 Å². The topological polar surface area (TPSA) is 30.7 Å². The van der Waals surface area contributed by atoms with Crippen molar-refractivity contribution in [3.05, 3.63) is 41.7 Å². The minimum Gasteiger partial charge on any atom is -0.217 e. The van der Waals surface area contributed by atoms with Gasteiger partial charge < -0.3 is 0 Å². The van der Waals surface area contributed by atoms with Crippen LogP contribution in [-0.4, -0.2) is 15.0 Å². The third-order valence-corrected chi connectivity index (χ3v) is 3.17. The van der Waals surface area contributed by atoms with Gasteiger partial charge in [-0.05, 0) is 25.0 Å². The molecule has 1 aliphatic carbocycles. The van der Waals surface area contributed by atoms with Gasteiger partial charge in [-0.2, -0.15) is 0 Å². The van der Waals surface area contributed by atoms with Gasteiger partial charge in [-0.15, -0.1) is 5.10 Å². The Kier molecular flexibility index (Phi) is 2.43. The fraction of sp³-hybridized carbons (Fsp3) is 0.385. The molecule has 5 heteroatoms. The fourth-order valence-electron chi connectivity index (χ4n) is 2.01. The van der Waals surface area contributed by atoms with Crippen molar-refractivity contribution in [2.24, 2.45) is 0 Å². The Morgan fingerprint density at radius 2 is 2.11 bits per heavy atom. The maximum absolute atomic E-state index is 13.3. The summed E-state index contributed by atoms with van der Waals surface area (Å²) in [4.78, 5) is 0. The summed E-state index contributed by atoms with van der Waals surface area (Å²) < 4.78 is 28.3. The van der Waals surface area contributed by atoms with Crippen LogP contribution in [-0.2, 0) is 5.92 Å². The third kappa shape index (κ3) is 2.00. The van der Waals surface area contributed by atoms with Gasteiger partial charge in [0.2, 0.25) is 0 Å². The molecule has 0 radical (unpaired) electrons. The molecule has 0 amide bonds. The average molecular weight is 249 g/mol. The molecule has 0 N–H and O–H groups in total. The summed E-state index contributed by atoms with van der Waals surface area (Å²) in [5, 5.41) is 7.87. The molecule has 0 spiro atoms. The first kappa shape index (κ1) is 11.3. The minimum atomic E-state index is -2.84. The molecule has 3 nitrogen and oxygen atoms in total. The number of hydrogen-bond acceptors (Lipinski definition) is 2. The minimum absolute atomic E-state index is 0.00255. The highest BCUT2D eigenvalue weighted by Gasteiger charge is 2.29. The molecule has 0 unspecified atom stereocenters. The highest BCUT2D eigenvalue weighted by atomic mass is 19.3. The van der Waals surface area contributed by atoms with E-state index in [-0.39, 0.29) is 5.56 Å². The van der Waals surface area contributed by atoms with Crippen molar-refractivity contribution in [2.45, 2.75) is 31.6 Å². The van der Waals surface area contributed by atoms with Gasteiger partial charge in [0.05, 0.1) is 17.6 Å². The monoisotopic (exact) mass is 249 g/mol. The van der Waals surface area contributed by atoms with E-state index in [4.69, 9.17) is 0 Å². The lowest BCUT2D eigenvalue weighted by molar-refractivity contribution is 0.0174. The van der Waals surface area contributed by atoms with Crippen molar-refractivity contribution in [2.75, 3.05) is 0 Å². The molecular weight excluding hydrogens is 236 g/mol. The lowest BCUT2D eigenvalue weighted by atomic mass is 10.1. The fourth-order valence-corrected chi connectivity index (χ4v) is 2.01. The van der Waals surface area contributed by atoms with Crippen LogP contribution in [0.1, 0.15) is 36.9 Å². The summed E-state index contributed by atoms with van der Waals surface area (Å²) >= 11 is 0. The van der Waals surface area contributed by atoms with Crippen LogP contribution in [0, 0.1) is 0 Å². The second kappa shape index (κ2) is 3.86. The number of alkyl halides is 2. The van der Waals surface area contributed by atoms with Crippen LogP contribution >= 0.6 is 0 Å². The van der Waals surface area contributed by atoms with Gasteiger partial charge in [0.15, 0.2) is 0 Å². The third-order valence-electron chi connectivity index (χ3n) is 3.17. The number of rotatable bonds is 3. The molecule has 0 atom stereocenters. The van der Waals surface area contributed by atoms with Crippen molar-refractivity contribution in [1.29, 1.82) is 0 Å². The molecule has 94 valence electrons. The molecule has 1 fully saturated rings. The van der Waals surface area contributed by atoms with Crippen molar-refractivity contribution in [3.63, 3.8) is 0 Å². The van der Waals surface area contributed by atoms with E-state index >= 15 is 0 Å². The van der Waals surface area contributed by atoms with E-state index in [1.807, 2.05) is 0 Å². The molecular formula is C13H13F2N3. The number of aromatic nitrogens is 3. The Morgan fingerprint density at radius 1 is 1.33 bits per heavy atom. The highest BCUT2D eigenvalue weighted by molar-refractivity contribution is 5.38. The number of benzene rings is 1. The largest absolute Gasteiger partial charge is 0.270 e. The summed E-state index contributed by atoms with van der Waals surface area (Å²) in [5.41, 5.74) is 1.65. The molecule has 2 aromatic rings. The lowest BCUT2D eigenvalue weighted by Crippen LogP contribution is -2.09. The molecule has 1 heterocycles. The van der Waals surface area contributed by atoms with Crippen LogP contribution in [0.5, 0.6) is 0 Å². The van der Waals surface area contributed by atoms with Crippen LogP contribution in [0.15, 0.2) is 30.5 Å². The zero-order chi connectivity index (χ0) is 12.8. The molecule has 1 aromatic carbocycles. The first-order chi connectivity index (χ1) is 8.55. The zero-order valence-corrected chi connectivity index (χ0v) is 9.98. The summed E-state index contributed by atoms with van der Waals surface area (Å²) in [6.07, 6.45) is 3.96. The summed E-state index contributed by atoms with van der Waals surface area (Å²) in [5.74, 6) is -2.36. The maximum Gasteiger partial charge on any atom is 0.270 e. The Balaban J connectivity index is 2.03. The van der Waals surface area contributed by atoms with E-state index in [1.165, 1.54) is 12.1 Å². The first-order valence-corrected chi connectivity index (χ1v) is 5.95. The quantitative estimate of drug-likeness (QED) is 0.836. The predicted octanol–water partition coefficient (Wildman–Crippen LogP) is 3.26. The van der Waals surface area contributed by atoms with Crippen LogP contribution < -0.4 is 0 Å². The molecule has 1 saturated carbocycles. The molecule has 0 saturated heterocycles. The van der Waals surface area contributed by atoms with Crippen LogP contribution in [0.25, 0.3) is 5.69 Å². The molecule has 18 heavy (non-hydrogen) atoms. The number of nitrogens with zero attached hydrogens (tertiary/aromatic N) is 3. The van der Waals surface area contributed by atoms with Gasteiger partial charge in [0.25, 0.3) is 5.92 Å². The Labute approximate surface area is 103 Å².